The van der Waals surface area contributed by atoms with Gasteiger partial charge in [-0.1, -0.05) is 18.5 Å². The minimum Gasteiger partial charge on any atom is -0.335 e. The molecule has 0 unspecified atom stereocenters. The largest absolute Gasteiger partial charge is 0.335 e. The third-order valence-electron chi connectivity index (χ3n) is 1.49. The van der Waals surface area contributed by atoms with Crippen molar-refractivity contribution in [3.8, 4) is 0 Å². The Bertz CT molecular complexity index is 287. The van der Waals surface area contributed by atoms with Gasteiger partial charge in [-0.2, -0.15) is 0 Å². The van der Waals surface area contributed by atoms with Crippen LogP contribution in [0.4, 0.5) is 5.88 Å². The first-order chi connectivity index (χ1) is 5.86. The standard InChI is InChI=1S/C8H10N2O2/c1-2-3-4-7-5-8(9-6-11)12-10-7/h5H,2-4H2,1H3. The highest BCUT2D eigenvalue weighted by Gasteiger charge is 2.00. The number of aryl methyl sites for hydroxylation is 1. The van der Waals surface area contributed by atoms with Gasteiger partial charge in [-0.15, -0.1) is 4.99 Å². The van der Waals surface area contributed by atoms with Crippen molar-refractivity contribution in [1.82, 2.24) is 5.16 Å². The van der Waals surface area contributed by atoms with Gasteiger partial charge in [0.15, 0.2) is 0 Å². The molecular formula is C8H10N2O2. The third-order valence-corrected chi connectivity index (χ3v) is 1.49. The summed E-state index contributed by atoms with van der Waals surface area (Å²) in [7, 11) is 0. The number of carbonyl (C=O) groups excluding carboxylic acids is 1. The maximum absolute atomic E-state index is 9.82. The summed E-state index contributed by atoms with van der Waals surface area (Å²) in [5.74, 6) is 0.233. The average molecular weight is 166 g/mol. The Morgan fingerprint density at radius 3 is 3.25 bits per heavy atom. The lowest BCUT2D eigenvalue weighted by molar-refractivity contribution is 0.420. The van der Waals surface area contributed by atoms with E-state index in [0.29, 0.717) is 0 Å². The first-order valence-corrected chi connectivity index (χ1v) is 3.90. The second-order valence-electron chi connectivity index (χ2n) is 2.46. The van der Waals surface area contributed by atoms with E-state index in [4.69, 9.17) is 4.52 Å². The fourth-order valence-electron chi connectivity index (χ4n) is 0.874. The number of unbranched alkanes of at least 4 members (excludes halogenated alkanes) is 1. The minimum atomic E-state index is 0.233. The van der Waals surface area contributed by atoms with Gasteiger partial charge in [-0.25, -0.2) is 4.79 Å². The van der Waals surface area contributed by atoms with Crippen LogP contribution in [0.15, 0.2) is 15.6 Å². The molecule has 0 aliphatic rings. The fraction of sp³-hybridized carbons (Fsp3) is 0.500. The molecule has 0 bridgehead atoms. The summed E-state index contributed by atoms with van der Waals surface area (Å²) < 4.78 is 4.72. The van der Waals surface area contributed by atoms with Crippen LogP contribution in [0.1, 0.15) is 25.5 Å². The van der Waals surface area contributed by atoms with Crippen LogP contribution in [0, 0.1) is 0 Å². The first-order valence-electron chi connectivity index (χ1n) is 3.90. The molecule has 0 aliphatic heterocycles. The zero-order valence-electron chi connectivity index (χ0n) is 6.91. The van der Waals surface area contributed by atoms with Crippen LogP contribution < -0.4 is 0 Å². The number of hydrogen-bond donors (Lipinski definition) is 0. The topological polar surface area (TPSA) is 55.5 Å². The van der Waals surface area contributed by atoms with Crippen molar-refractivity contribution in [3.05, 3.63) is 11.8 Å². The molecule has 0 amide bonds. The van der Waals surface area contributed by atoms with Crippen LogP contribution in [0.5, 0.6) is 0 Å². The summed E-state index contributed by atoms with van der Waals surface area (Å²) in [6, 6.07) is 1.65. The van der Waals surface area contributed by atoms with Crippen LogP contribution in [-0.2, 0) is 11.2 Å². The summed E-state index contributed by atoms with van der Waals surface area (Å²) in [4.78, 5) is 13.1. The molecule has 0 saturated heterocycles. The average Bonchev–Trinajstić information content (AvgIpc) is 2.50. The molecule has 1 rings (SSSR count). The van der Waals surface area contributed by atoms with E-state index in [-0.39, 0.29) is 5.88 Å². The SMILES string of the molecule is CCCCc1cc(N=C=O)on1. The van der Waals surface area contributed by atoms with Crippen LogP contribution >= 0.6 is 0 Å². The van der Waals surface area contributed by atoms with Crippen LogP contribution in [0.2, 0.25) is 0 Å². The summed E-state index contributed by atoms with van der Waals surface area (Å²) in [5.41, 5.74) is 0.839. The van der Waals surface area contributed by atoms with Gasteiger partial charge < -0.3 is 4.52 Å². The van der Waals surface area contributed by atoms with Crippen molar-refractivity contribution in [2.75, 3.05) is 0 Å². The number of isocyanates is 1. The number of nitrogens with zero attached hydrogens (tertiary/aromatic N) is 2. The lowest BCUT2D eigenvalue weighted by Gasteiger charge is -1.87. The van der Waals surface area contributed by atoms with Crippen molar-refractivity contribution in [1.29, 1.82) is 0 Å². The van der Waals surface area contributed by atoms with Crippen LogP contribution in [0.3, 0.4) is 0 Å². The Hall–Kier alpha value is -1.41. The Morgan fingerprint density at radius 2 is 2.58 bits per heavy atom. The van der Waals surface area contributed by atoms with Gasteiger partial charge in [0.25, 0.3) is 5.88 Å². The molecular weight excluding hydrogens is 156 g/mol. The highest BCUT2D eigenvalue weighted by Crippen LogP contribution is 2.13. The summed E-state index contributed by atoms with van der Waals surface area (Å²) >= 11 is 0. The van der Waals surface area contributed by atoms with Gasteiger partial charge in [-0.05, 0) is 12.8 Å². The number of aliphatic imine (C=N–C) groups is 1. The molecule has 1 heterocycles. The van der Waals surface area contributed by atoms with Gasteiger partial charge in [0.2, 0.25) is 6.08 Å². The lowest BCUT2D eigenvalue weighted by Crippen LogP contribution is -1.81. The second-order valence-corrected chi connectivity index (χ2v) is 2.46. The second kappa shape index (κ2) is 4.46. The molecule has 1 aromatic rings. The quantitative estimate of drug-likeness (QED) is 0.507. The van der Waals surface area contributed by atoms with Gasteiger partial charge in [0.05, 0.1) is 5.69 Å². The molecule has 4 nitrogen and oxygen atoms in total. The fourth-order valence-corrected chi connectivity index (χ4v) is 0.874. The van der Waals surface area contributed by atoms with Crippen molar-refractivity contribution >= 4 is 12.0 Å². The highest BCUT2D eigenvalue weighted by atomic mass is 16.5. The molecule has 0 fully saturated rings. The summed E-state index contributed by atoms with van der Waals surface area (Å²) in [6.07, 6.45) is 4.44. The molecule has 4 heteroatoms. The van der Waals surface area contributed by atoms with E-state index in [1.807, 2.05) is 0 Å². The normalized spacial score (nSPS) is 9.42. The van der Waals surface area contributed by atoms with Crippen molar-refractivity contribution in [2.45, 2.75) is 26.2 Å². The Labute approximate surface area is 70.3 Å². The zero-order chi connectivity index (χ0) is 8.81. The highest BCUT2D eigenvalue weighted by molar-refractivity contribution is 5.42. The van der Waals surface area contributed by atoms with E-state index in [1.165, 1.54) is 6.08 Å². The Balaban J connectivity index is 2.58. The van der Waals surface area contributed by atoms with Crippen LogP contribution in [-0.4, -0.2) is 11.2 Å². The molecule has 12 heavy (non-hydrogen) atoms. The van der Waals surface area contributed by atoms with E-state index in [0.717, 1.165) is 25.0 Å². The van der Waals surface area contributed by atoms with Gasteiger partial charge in [0.1, 0.15) is 0 Å². The predicted molar refractivity (Wildman–Crippen MR) is 42.9 cm³/mol. The predicted octanol–water partition coefficient (Wildman–Crippen LogP) is 1.98. The van der Waals surface area contributed by atoms with Crippen LogP contribution in [0.25, 0.3) is 0 Å². The molecule has 0 saturated carbocycles. The lowest BCUT2D eigenvalue weighted by atomic mass is 10.2. The summed E-state index contributed by atoms with van der Waals surface area (Å²) in [5, 5.41) is 3.72. The number of rotatable bonds is 4. The molecule has 0 atom stereocenters. The van der Waals surface area contributed by atoms with E-state index < -0.39 is 0 Å². The van der Waals surface area contributed by atoms with Crippen molar-refractivity contribution < 1.29 is 9.32 Å². The first kappa shape index (κ1) is 8.68. The maximum Gasteiger partial charge on any atom is 0.261 e. The Kier molecular flexibility index (Phi) is 3.23. The monoisotopic (exact) mass is 166 g/mol. The molecule has 0 spiro atoms. The third kappa shape index (κ3) is 2.32. The van der Waals surface area contributed by atoms with E-state index in [9.17, 15) is 4.79 Å². The minimum absolute atomic E-state index is 0.233. The van der Waals surface area contributed by atoms with Gasteiger partial charge >= 0.3 is 0 Å². The van der Waals surface area contributed by atoms with E-state index in [2.05, 4.69) is 17.1 Å². The number of hydrogen-bond acceptors (Lipinski definition) is 4. The van der Waals surface area contributed by atoms with Crippen molar-refractivity contribution in [2.24, 2.45) is 4.99 Å². The van der Waals surface area contributed by atoms with Gasteiger partial charge in [-0.3, -0.25) is 0 Å². The zero-order valence-corrected chi connectivity index (χ0v) is 6.91. The molecule has 0 radical (unpaired) electrons. The van der Waals surface area contributed by atoms with Gasteiger partial charge in [0, 0.05) is 6.07 Å². The maximum atomic E-state index is 9.82. The molecule has 64 valence electrons. The van der Waals surface area contributed by atoms with E-state index in [1.54, 1.807) is 6.07 Å². The summed E-state index contributed by atoms with van der Waals surface area (Å²) in [6.45, 7) is 2.10. The smallest absolute Gasteiger partial charge is 0.261 e. The Morgan fingerprint density at radius 1 is 1.75 bits per heavy atom. The van der Waals surface area contributed by atoms with Crippen molar-refractivity contribution in [3.63, 3.8) is 0 Å². The molecule has 0 N–H and O–H groups in total. The van der Waals surface area contributed by atoms with E-state index >= 15 is 0 Å². The number of aromatic nitrogens is 1. The molecule has 1 aromatic heterocycles. The molecule has 0 aromatic carbocycles. The molecule has 0 aliphatic carbocycles.